The predicted octanol–water partition coefficient (Wildman–Crippen LogP) is 3.67. The second kappa shape index (κ2) is 10.1. The zero-order chi connectivity index (χ0) is 26.0. The van der Waals surface area contributed by atoms with Crippen LogP contribution < -0.4 is 16.2 Å². The zero-order valence-corrected chi connectivity index (χ0v) is 19.1. The second-order valence-corrected chi connectivity index (χ2v) is 8.44. The fraction of sp³-hybridized carbons (Fsp3) is 0.217. The molecule has 1 aliphatic heterocycles. The molecular formula is C23H18ClF4N5O3. The van der Waals surface area contributed by atoms with Crippen molar-refractivity contribution in [2.45, 2.75) is 6.30 Å². The Morgan fingerprint density at radius 3 is 2.28 bits per heavy atom. The van der Waals surface area contributed by atoms with Gasteiger partial charge in [0.15, 0.2) is 0 Å². The first-order valence-corrected chi connectivity index (χ1v) is 10.9. The van der Waals surface area contributed by atoms with E-state index in [9.17, 15) is 31.9 Å². The third-order valence-electron chi connectivity index (χ3n) is 5.64. The Balaban J connectivity index is 1.54. The molecular weight excluding hydrogens is 506 g/mol. The first-order chi connectivity index (χ1) is 17.0. The minimum atomic E-state index is -4.78. The molecule has 4 rings (SSSR count). The van der Waals surface area contributed by atoms with E-state index in [0.29, 0.717) is 5.02 Å². The van der Waals surface area contributed by atoms with Crippen molar-refractivity contribution in [2.75, 3.05) is 23.7 Å². The Kier molecular flexibility index (Phi) is 7.09. The number of benzene rings is 1. The summed E-state index contributed by atoms with van der Waals surface area (Å²) in [7, 11) is 0. The van der Waals surface area contributed by atoms with E-state index in [1.165, 1.54) is 53.4 Å². The van der Waals surface area contributed by atoms with Gasteiger partial charge < -0.3 is 10.6 Å². The van der Waals surface area contributed by atoms with Crippen LogP contribution in [0.2, 0.25) is 5.02 Å². The zero-order valence-electron chi connectivity index (χ0n) is 18.3. The van der Waals surface area contributed by atoms with Crippen molar-refractivity contribution in [2.24, 2.45) is 11.8 Å². The molecule has 0 radical (unpaired) electrons. The van der Waals surface area contributed by atoms with Crippen molar-refractivity contribution in [1.29, 1.82) is 0 Å². The summed E-state index contributed by atoms with van der Waals surface area (Å²) in [5.74, 6) is -5.50. The number of hydrogen-bond donors (Lipinski definition) is 2. The van der Waals surface area contributed by atoms with Gasteiger partial charge in [0.2, 0.25) is 11.8 Å². The maximum Gasteiger partial charge on any atom is 0.459 e. The van der Waals surface area contributed by atoms with Gasteiger partial charge in [-0.1, -0.05) is 17.7 Å². The molecule has 0 saturated carbocycles. The number of pyridine rings is 2. The Labute approximate surface area is 206 Å². The molecule has 0 unspecified atom stereocenters. The van der Waals surface area contributed by atoms with Crippen LogP contribution in [0.15, 0.2) is 65.7 Å². The van der Waals surface area contributed by atoms with Gasteiger partial charge in [-0.15, -0.1) is 0 Å². The van der Waals surface area contributed by atoms with Crippen LogP contribution in [0.25, 0.3) is 5.69 Å². The average molecular weight is 524 g/mol. The highest BCUT2D eigenvalue weighted by atomic mass is 35.5. The van der Waals surface area contributed by atoms with Crippen LogP contribution in [0, 0.1) is 17.7 Å². The molecule has 0 aliphatic carbocycles. The van der Waals surface area contributed by atoms with Crippen molar-refractivity contribution < 1.29 is 27.2 Å². The number of likely N-dealkylation sites (tertiary alicyclic amines) is 1. The quantitative estimate of drug-likeness (QED) is 0.393. The van der Waals surface area contributed by atoms with Crippen LogP contribution in [0.5, 0.6) is 0 Å². The third kappa shape index (κ3) is 5.55. The number of anilines is 2. The molecule has 1 saturated heterocycles. The Hall–Kier alpha value is -3.77. The van der Waals surface area contributed by atoms with Crippen LogP contribution in [0.1, 0.15) is 0 Å². The molecule has 2 atom stereocenters. The average Bonchev–Trinajstić information content (AvgIpc) is 3.29. The number of alkyl halides is 3. The second-order valence-electron chi connectivity index (χ2n) is 8.00. The smallest absolute Gasteiger partial charge is 0.323 e. The topological polar surface area (TPSA) is 96.3 Å². The van der Waals surface area contributed by atoms with Crippen molar-refractivity contribution >= 4 is 34.9 Å². The molecule has 2 amide bonds. The third-order valence-corrected chi connectivity index (χ3v) is 5.87. The lowest BCUT2D eigenvalue weighted by Gasteiger charge is -2.18. The molecule has 0 spiro atoms. The maximum atomic E-state index is 14.7. The SMILES string of the molecule is O=C(Nc1ccc(Cl)cn1)[C@H]1CN(C(F)(F)F)C[C@@H]1C(=O)Nc1ccc(-n2ccccc2=O)cc1F. The molecule has 3 heterocycles. The van der Waals surface area contributed by atoms with E-state index in [-0.39, 0.29) is 22.1 Å². The van der Waals surface area contributed by atoms with Gasteiger partial charge >= 0.3 is 6.30 Å². The van der Waals surface area contributed by atoms with Gasteiger partial charge in [0.05, 0.1) is 28.2 Å². The summed E-state index contributed by atoms with van der Waals surface area (Å²) in [6.07, 6.45) is -2.10. The monoisotopic (exact) mass is 523 g/mol. The Morgan fingerprint density at radius 2 is 1.69 bits per heavy atom. The van der Waals surface area contributed by atoms with E-state index in [1.54, 1.807) is 6.07 Å². The number of nitrogens with zero attached hydrogens (tertiary/aromatic N) is 3. The van der Waals surface area contributed by atoms with Gasteiger partial charge in [0.1, 0.15) is 11.6 Å². The van der Waals surface area contributed by atoms with Crippen molar-refractivity contribution in [1.82, 2.24) is 14.5 Å². The normalized spacial score (nSPS) is 18.1. The summed E-state index contributed by atoms with van der Waals surface area (Å²) in [4.78, 5) is 41.6. The van der Waals surface area contributed by atoms with Crippen LogP contribution in [0.3, 0.4) is 0 Å². The number of amides is 2. The molecule has 13 heteroatoms. The van der Waals surface area contributed by atoms with Crippen LogP contribution in [-0.4, -0.2) is 45.7 Å². The highest BCUT2D eigenvalue weighted by molar-refractivity contribution is 6.30. The maximum absolute atomic E-state index is 14.7. The van der Waals surface area contributed by atoms with E-state index >= 15 is 0 Å². The summed E-state index contributed by atoms with van der Waals surface area (Å²) >= 11 is 5.74. The number of carbonyl (C=O) groups is 2. The Morgan fingerprint density at radius 1 is 1.00 bits per heavy atom. The number of halogens is 5. The van der Waals surface area contributed by atoms with Crippen molar-refractivity contribution in [3.8, 4) is 5.69 Å². The Bertz CT molecular complexity index is 1350. The predicted molar refractivity (Wildman–Crippen MR) is 123 cm³/mol. The van der Waals surface area contributed by atoms with Gasteiger partial charge in [-0.05, 0) is 30.3 Å². The summed E-state index contributed by atoms with van der Waals surface area (Å²) < 4.78 is 56.1. The van der Waals surface area contributed by atoms with Gasteiger partial charge in [-0.25, -0.2) is 14.3 Å². The number of rotatable bonds is 5. The highest BCUT2D eigenvalue weighted by Crippen LogP contribution is 2.34. The van der Waals surface area contributed by atoms with E-state index in [4.69, 9.17) is 11.6 Å². The molecule has 3 aromatic rings. The first-order valence-electron chi connectivity index (χ1n) is 10.6. The van der Waals surface area contributed by atoms with Crippen LogP contribution in [-0.2, 0) is 9.59 Å². The largest absolute Gasteiger partial charge is 0.459 e. The summed E-state index contributed by atoms with van der Waals surface area (Å²) in [5, 5.41) is 4.94. The fourth-order valence-electron chi connectivity index (χ4n) is 3.83. The first kappa shape index (κ1) is 25.3. The van der Waals surface area contributed by atoms with Crippen LogP contribution >= 0.6 is 11.6 Å². The molecule has 188 valence electrons. The standard InChI is InChI=1S/C23H18ClF4N5O3/c24-13-4-7-19(29-10-13)31-22(36)16-12-32(23(26,27)28)11-15(16)21(35)30-18-6-5-14(9-17(18)25)33-8-2-1-3-20(33)34/h1-10,15-16H,11-12H2,(H,30,35)(H,29,31,36)/t15-,16-/m0/s1. The van der Waals surface area contributed by atoms with Crippen LogP contribution in [0.4, 0.5) is 29.1 Å². The number of hydrogen-bond acceptors (Lipinski definition) is 5. The van der Waals surface area contributed by atoms with E-state index in [1.807, 2.05) is 0 Å². The number of nitrogens with one attached hydrogen (secondary N) is 2. The van der Waals surface area contributed by atoms with Gasteiger partial charge in [0, 0.05) is 37.6 Å². The molecule has 36 heavy (non-hydrogen) atoms. The molecule has 1 aromatic carbocycles. The van der Waals surface area contributed by atoms with E-state index < -0.39 is 54.4 Å². The van der Waals surface area contributed by atoms with Gasteiger partial charge in [0.25, 0.3) is 5.56 Å². The summed E-state index contributed by atoms with van der Waals surface area (Å²) in [6, 6.07) is 10.7. The molecule has 0 bridgehead atoms. The summed E-state index contributed by atoms with van der Waals surface area (Å²) in [5.41, 5.74) is -0.527. The highest BCUT2D eigenvalue weighted by Gasteiger charge is 2.50. The molecule has 1 fully saturated rings. The molecule has 2 N–H and O–H groups in total. The minimum absolute atomic E-state index is 0.0480. The lowest BCUT2D eigenvalue weighted by Crippen LogP contribution is -2.37. The summed E-state index contributed by atoms with van der Waals surface area (Å²) in [6.45, 7) is -1.56. The molecule has 8 nitrogen and oxygen atoms in total. The number of aromatic nitrogens is 2. The molecule has 1 aliphatic rings. The lowest BCUT2D eigenvalue weighted by molar-refractivity contribution is -0.239. The number of carbonyl (C=O) groups excluding carboxylic acids is 2. The lowest BCUT2D eigenvalue weighted by atomic mass is 9.94. The van der Waals surface area contributed by atoms with Crippen molar-refractivity contribution in [3.63, 3.8) is 0 Å². The van der Waals surface area contributed by atoms with Gasteiger partial charge in [-0.2, -0.15) is 13.2 Å². The van der Waals surface area contributed by atoms with E-state index in [2.05, 4.69) is 15.6 Å². The van der Waals surface area contributed by atoms with Gasteiger partial charge in [-0.3, -0.25) is 19.0 Å². The minimum Gasteiger partial charge on any atom is -0.323 e. The fourth-order valence-corrected chi connectivity index (χ4v) is 3.94. The van der Waals surface area contributed by atoms with E-state index in [0.717, 1.165) is 6.07 Å². The molecule has 2 aromatic heterocycles. The van der Waals surface area contributed by atoms with Crippen molar-refractivity contribution in [3.05, 3.63) is 82.1 Å².